The Balaban J connectivity index is 2.50. The van der Waals surface area contributed by atoms with Crippen molar-refractivity contribution >= 4 is 44.6 Å². The third-order valence-electron chi connectivity index (χ3n) is 2.61. The molecule has 0 bridgehead atoms. The summed E-state index contributed by atoms with van der Waals surface area (Å²) in [6.07, 6.45) is 1.62. The quantitative estimate of drug-likeness (QED) is 0.837. The second-order valence-electron chi connectivity index (χ2n) is 3.94. The van der Waals surface area contributed by atoms with Gasteiger partial charge < -0.3 is 11.1 Å². The number of nitrogens with two attached hydrogens (primary N) is 1. The number of benzene rings is 1. The van der Waals surface area contributed by atoms with Crippen LogP contribution < -0.4 is 11.1 Å². The molecule has 0 aliphatic rings. The fourth-order valence-electron chi connectivity index (χ4n) is 1.70. The molecular weight excluding hydrogens is 329 g/mol. The summed E-state index contributed by atoms with van der Waals surface area (Å²) >= 11 is 8.30. The summed E-state index contributed by atoms with van der Waals surface area (Å²) in [7, 11) is 0. The molecule has 19 heavy (non-hydrogen) atoms. The van der Waals surface area contributed by atoms with E-state index in [0.29, 0.717) is 21.5 Å². The number of hydrogen-bond donors (Lipinski definition) is 2. The SMILES string of the molecule is Cc1ccnc(Nc2c(F)cccc2Br)c1C(N)=S. The van der Waals surface area contributed by atoms with E-state index in [4.69, 9.17) is 18.0 Å². The Kier molecular flexibility index (Phi) is 4.11. The third-order valence-corrected chi connectivity index (χ3v) is 3.48. The van der Waals surface area contributed by atoms with Crippen LogP contribution in [0.2, 0.25) is 0 Å². The lowest BCUT2D eigenvalue weighted by Crippen LogP contribution is -2.15. The minimum Gasteiger partial charge on any atom is -0.389 e. The minimum absolute atomic E-state index is 0.223. The van der Waals surface area contributed by atoms with Crippen LogP contribution in [0.25, 0.3) is 0 Å². The molecule has 1 heterocycles. The molecular formula is C13H11BrFN3S. The summed E-state index contributed by atoms with van der Waals surface area (Å²) < 4.78 is 14.4. The highest BCUT2D eigenvalue weighted by Crippen LogP contribution is 2.29. The van der Waals surface area contributed by atoms with E-state index in [1.807, 2.05) is 6.92 Å². The molecule has 3 nitrogen and oxygen atoms in total. The number of aromatic nitrogens is 1. The minimum atomic E-state index is -0.383. The zero-order chi connectivity index (χ0) is 14.0. The van der Waals surface area contributed by atoms with E-state index in [0.717, 1.165) is 5.56 Å². The van der Waals surface area contributed by atoms with Crippen molar-refractivity contribution in [1.82, 2.24) is 4.98 Å². The lowest BCUT2D eigenvalue weighted by atomic mass is 10.1. The maximum atomic E-state index is 13.8. The van der Waals surface area contributed by atoms with Crippen molar-refractivity contribution in [2.75, 3.05) is 5.32 Å². The first-order chi connectivity index (χ1) is 9.00. The van der Waals surface area contributed by atoms with E-state index in [2.05, 4.69) is 26.2 Å². The largest absolute Gasteiger partial charge is 0.389 e. The van der Waals surface area contributed by atoms with E-state index in [1.165, 1.54) is 6.07 Å². The maximum Gasteiger partial charge on any atom is 0.147 e. The summed E-state index contributed by atoms with van der Waals surface area (Å²) in [4.78, 5) is 4.39. The predicted molar refractivity (Wildman–Crippen MR) is 82.2 cm³/mol. The molecule has 0 radical (unpaired) electrons. The van der Waals surface area contributed by atoms with Crippen molar-refractivity contribution in [3.63, 3.8) is 0 Å². The lowest BCUT2D eigenvalue weighted by Gasteiger charge is -2.13. The van der Waals surface area contributed by atoms with Gasteiger partial charge in [-0.25, -0.2) is 9.37 Å². The first-order valence-electron chi connectivity index (χ1n) is 5.47. The van der Waals surface area contributed by atoms with E-state index >= 15 is 0 Å². The van der Waals surface area contributed by atoms with Gasteiger partial charge in [0, 0.05) is 10.7 Å². The Morgan fingerprint density at radius 1 is 1.42 bits per heavy atom. The number of anilines is 2. The third kappa shape index (κ3) is 2.90. The number of pyridine rings is 1. The Morgan fingerprint density at radius 2 is 2.16 bits per heavy atom. The average molecular weight is 340 g/mol. The van der Waals surface area contributed by atoms with Gasteiger partial charge >= 0.3 is 0 Å². The van der Waals surface area contributed by atoms with Crippen molar-refractivity contribution in [3.05, 3.63) is 51.9 Å². The smallest absolute Gasteiger partial charge is 0.147 e. The summed E-state index contributed by atoms with van der Waals surface area (Å²) in [5.74, 6) is 0.0601. The second kappa shape index (κ2) is 5.63. The van der Waals surface area contributed by atoms with Crippen LogP contribution in [0.5, 0.6) is 0 Å². The van der Waals surface area contributed by atoms with E-state index in [-0.39, 0.29) is 10.8 Å². The van der Waals surface area contributed by atoms with Crippen molar-refractivity contribution in [1.29, 1.82) is 0 Å². The van der Waals surface area contributed by atoms with Gasteiger partial charge in [-0.15, -0.1) is 0 Å². The molecule has 0 saturated carbocycles. The van der Waals surface area contributed by atoms with Gasteiger partial charge in [0.15, 0.2) is 0 Å². The van der Waals surface area contributed by atoms with E-state index < -0.39 is 0 Å². The monoisotopic (exact) mass is 339 g/mol. The van der Waals surface area contributed by atoms with Crippen molar-refractivity contribution < 1.29 is 4.39 Å². The summed E-state index contributed by atoms with van der Waals surface area (Å²) in [6.45, 7) is 1.87. The fraction of sp³-hybridized carbons (Fsp3) is 0.0769. The van der Waals surface area contributed by atoms with Gasteiger partial charge in [-0.1, -0.05) is 18.3 Å². The molecule has 0 aliphatic carbocycles. The molecule has 6 heteroatoms. The number of para-hydroxylation sites is 1. The molecule has 98 valence electrons. The Labute approximate surface area is 124 Å². The van der Waals surface area contributed by atoms with Gasteiger partial charge in [0.25, 0.3) is 0 Å². The van der Waals surface area contributed by atoms with E-state index in [9.17, 15) is 4.39 Å². The molecule has 2 rings (SSSR count). The van der Waals surface area contributed by atoms with Gasteiger partial charge in [-0.3, -0.25) is 0 Å². The molecule has 0 saturated heterocycles. The summed E-state index contributed by atoms with van der Waals surface area (Å²) in [6, 6.07) is 6.52. The van der Waals surface area contributed by atoms with Crippen LogP contribution in [0.15, 0.2) is 34.9 Å². The van der Waals surface area contributed by atoms with Crippen LogP contribution in [-0.2, 0) is 0 Å². The molecule has 1 aromatic carbocycles. The van der Waals surface area contributed by atoms with Gasteiger partial charge in [-0.2, -0.15) is 0 Å². The number of hydrogen-bond acceptors (Lipinski definition) is 3. The highest BCUT2D eigenvalue weighted by molar-refractivity contribution is 9.10. The maximum absolute atomic E-state index is 13.8. The standard InChI is InChI=1S/C13H11BrFN3S/c1-7-5-6-17-13(10(7)12(16)19)18-11-8(14)3-2-4-9(11)15/h2-6H,1H3,(H2,16,19)(H,17,18). The molecule has 0 spiro atoms. The Bertz CT molecular complexity index is 626. The van der Waals surface area contributed by atoms with Crippen LogP contribution in [0.1, 0.15) is 11.1 Å². The molecule has 0 aliphatic heterocycles. The number of nitrogens with zero attached hydrogens (tertiary/aromatic N) is 1. The van der Waals surface area contributed by atoms with Crippen molar-refractivity contribution in [2.45, 2.75) is 6.92 Å². The van der Waals surface area contributed by atoms with Crippen LogP contribution in [0, 0.1) is 12.7 Å². The second-order valence-corrected chi connectivity index (χ2v) is 5.23. The summed E-state index contributed by atoms with van der Waals surface area (Å²) in [5.41, 5.74) is 7.50. The number of thiocarbonyl (C=S) groups is 1. The van der Waals surface area contributed by atoms with Crippen LogP contribution in [-0.4, -0.2) is 9.97 Å². The Morgan fingerprint density at radius 3 is 2.79 bits per heavy atom. The normalized spacial score (nSPS) is 10.3. The number of rotatable bonds is 3. The van der Waals surface area contributed by atoms with Crippen molar-refractivity contribution in [3.8, 4) is 0 Å². The number of aryl methyl sites for hydroxylation is 1. The molecule has 0 amide bonds. The van der Waals surface area contributed by atoms with Gasteiger partial charge in [-0.05, 0) is 46.6 Å². The topological polar surface area (TPSA) is 50.9 Å². The highest BCUT2D eigenvalue weighted by atomic mass is 79.9. The predicted octanol–water partition coefficient (Wildman–Crippen LogP) is 3.67. The van der Waals surface area contributed by atoms with Crippen LogP contribution in [0.4, 0.5) is 15.9 Å². The average Bonchev–Trinajstić information content (AvgIpc) is 2.33. The highest BCUT2D eigenvalue weighted by Gasteiger charge is 2.13. The first kappa shape index (κ1) is 13.9. The molecule has 0 fully saturated rings. The van der Waals surface area contributed by atoms with Gasteiger partial charge in [0.05, 0.1) is 11.3 Å². The van der Waals surface area contributed by atoms with Gasteiger partial charge in [0.2, 0.25) is 0 Å². The molecule has 3 N–H and O–H groups in total. The van der Waals surface area contributed by atoms with E-state index in [1.54, 1.807) is 24.4 Å². The molecule has 1 aromatic heterocycles. The Hall–Kier alpha value is -1.53. The van der Waals surface area contributed by atoms with Crippen LogP contribution in [0.3, 0.4) is 0 Å². The van der Waals surface area contributed by atoms with Gasteiger partial charge in [0.1, 0.15) is 16.6 Å². The lowest BCUT2D eigenvalue weighted by molar-refractivity contribution is 0.631. The zero-order valence-corrected chi connectivity index (χ0v) is 12.5. The first-order valence-corrected chi connectivity index (χ1v) is 6.67. The number of halogens is 2. The molecule has 0 atom stereocenters. The number of nitrogens with one attached hydrogen (secondary N) is 1. The van der Waals surface area contributed by atoms with Crippen LogP contribution >= 0.6 is 28.1 Å². The molecule has 2 aromatic rings. The summed E-state index contributed by atoms with van der Waals surface area (Å²) in [5, 5.41) is 2.93. The van der Waals surface area contributed by atoms with Crippen molar-refractivity contribution in [2.24, 2.45) is 5.73 Å². The molecule has 0 unspecified atom stereocenters. The zero-order valence-electron chi connectivity index (χ0n) is 10.1. The fourth-order valence-corrected chi connectivity index (χ4v) is 2.40.